The number of carbonyl (C=O) groups excluding carboxylic acids is 1. The van der Waals surface area contributed by atoms with Gasteiger partial charge in [0.05, 0.1) is 18.3 Å². The molecule has 0 N–H and O–H groups in total. The second-order valence-electron chi connectivity index (χ2n) is 5.82. The Hall–Kier alpha value is -1.97. The van der Waals surface area contributed by atoms with E-state index >= 15 is 0 Å². The molecule has 4 heteroatoms. The van der Waals surface area contributed by atoms with Gasteiger partial charge in [0.15, 0.2) is 0 Å². The van der Waals surface area contributed by atoms with Crippen molar-refractivity contribution < 1.29 is 14.3 Å². The van der Waals surface area contributed by atoms with Crippen LogP contribution in [-0.2, 0) is 11.3 Å². The maximum absolute atomic E-state index is 12.4. The number of ether oxygens (including phenoxy) is 2. The molecule has 2 aromatic rings. The Morgan fingerprint density at radius 2 is 2.00 bits per heavy atom. The number of fused-ring (bicyclic) bond motifs is 1. The molecule has 1 heterocycles. The quantitative estimate of drug-likeness (QED) is 0.694. The van der Waals surface area contributed by atoms with E-state index in [0.717, 1.165) is 41.7 Å². The first kappa shape index (κ1) is 17.4. The molecule has 0 radical (unpaired) electrons. The monoisotopic (exact) mass is 317 g/mol. The summed E-state index contributed by atoms with van der Waals surface area (Å²) in [5, 5.41) is 0.906. The van der Waals surface area contributed by atoms with Crippen LogP contribution in [0.5, 0.6) is 5.75 Å². The second kappa shape index (κ2) is 7.53. The van der Waals surface area contributed by atoms with Crippen LogP contribution in [0.2, 0.25) is 0 Å². The predicted octanol–water partition coefficient (Wildman–Crippen LogP) is 4.71. The van der Waals surface area contributed by atoms with E-state index in [-0.39, 0.29) is 12.1 Å². The number of hydrogen-bond acceptors (Lipinski definition) is 3. The molecule has 0 amide bonds. The first-order chi connectivity index (χ1) is 11.0. The minimum Gasteiger partial charge on any atom is -0.491 e. The molecule has 1 aromatic heterocycles. The molecule has 2 rings (SSSR count). The Bertz CT molecular complexity index is 687. The Labute approximate surface area is 138 Å². The standard InChI is InChI=1S/C19H27NO3/c1-6-9-13(4)23-15-10-11-17-16(12-15)18(19(21)22-8-3)14(5)20(17)7-2/h10-13H,6-9H2,1-5H3/t13-/m1/s1. The van der Waals surface area contributed by atoms with Gasteiger partial charge >= 0.3 is 5.97 Å². The van der Waals surface area contributed by atoms with Crippen molar-refractivity contribution in [3.8, 4) is 5.75 Å². The van der Waals surface area contributed by atoms with Crippen LogP contribution in [0.3, 0.4) is 0 Å². The van der Waals surface area contributed by atoms with Crippen LogP contribution in [0.1, 0.15) is 56.6 Å². The topological polar surface area (TPSA) is 40.5 Å². The van der Waals surface area contributed by atoms with E-state index in [1.165, 1.54) is 0 Å². The van der Waals surface area contributed by atoms with Crippen LogP contribution >= 0.6 is 0 Å². The lowest BCUT2D eigenvalue weighted by Gasteiger charge is -2.14. The Balaban J connectivity index is 2.50. The van der Waals surface area contributed by atoms with Crippen molar-refractivity contribution in [2.45, 2.75) is 60.1 Å². The van der Waals surface area contributed by atoms with Gasteiger partial charge in [0.25, 0.3) is 0 Å². The van der Waals surface area contributed by atoms with E-state index in [9.17, 15) is 4.79 Å². The van der Waals surface area contributed by atoms with E-state index in [4.69, 9.17) is 9.47 Å². The molecule has 1 aromatic carbocycles. The van der Waals surface area contributed by atoms with Crippen LogP contribution in [0.15, 0.2) is 18.2 Å². The molecule has 0 spiro atoms. The van der Waals surface area contributed by atoms with Crippen molar-refractivity contribution >= 4 is 16.9 Å². The molecule has 23 heavy (non-hydrogen) atoms. The fourth-order valence-electron chi connectivity index (χ4n) is 3.10. The average molecular weight is 317 g/mol. The predicted molar refractivity (Wildman–Crippen MR) is 93.3 cm³/mol. The number of aromatic nitrogens is 1. The number of carbonyl (C=O) groups is 1. The Kier molecular flexibility index (Phi) is 5.69. The van der Waals surface area contributed by atoms with Gasteiger partial charge < -0.3 is 14.0 Å². The summed E-state index contributed by atoms with van der Waals surface area (Å²) in [4.78, 5) is 12.4. The zero-order valence-electron chi connectivity index (χ0n) is 14.8. The lowest BCUT2D eigenvalue weighted by atomic mass is 10.1. The second-order valence-corrected chi connectivity index (χ2v) is 5.82. The maximum atomic E-state index is 12.4. The molecule has 0 saturated carbocycles. The first-order valence-corrected chi connectivity index (χ1v) is 8.50. The van der Waals surface area contributed by atoms with Gasteiger partial charge in [-0.3, -0.25) is 0 Å². The number of aryl methyl sites for hydroxylation is 1. The van der Waals surface area contributed by atoms with E-state index < -0.39 is 0 Å². The largest absolute Gasteiger partial charge is 0.491 e. The summed E-state index contributed by atoms with van der Waals surface area (Å²) in [7, 11) is 0. The summed E-state index contributed by atoms with van der Waals surface area (Å²) in [6, 6.07) is 5.98. The molecule has 0 aliphatic rings. The SMILES string of the molecule is CCC[C@@H](C)Oc1ccc2c(c1)c(C(=O)OCC)c(C)n2CC. The number of benzene rings is 1. The Morgan fingerprint density at radius 1 is 1.26 bits per heavy atom. The summed E-state index contributed by atoms with van der Waals surface area (Å²) in [6.07, 6.45) is 2.26. The highest BCUT2D eigenvalue weighted by atomic mass is 16.5. The highest BCUT2D eigenvalue weighted by molar-refractivity contribution is 6.06. The number of rotatable bonds is 7. The summed E-state index contributed by atoms with van der Waals surface area (Å²) in [6.45, 7) is 11.3. The molecule has 0 saturated heterocycles. The van der Waals surface area contributed by atoms with Crippen molar-refractivity contribution in [3.05, 3.63) is 29.5 Å². The van der Waals surface area contributed by atoms with E-state index in [1.807, 2.05) is 32.0 Å². The van der Waals surface area contributed by atoms with Gasteiger partial charge in [0.1, 0.15) is 5.75 Å². The lowest BCUT2D eigenvalue weighted by molar-refractivity contribution is 0.0527. The molecule has 126 valence electrons. The third-order valence-corrected chi connectivity index (χ3v) is 4.12. The van der Waals surface area contributed by atoms with Crippen molar-refractivity contribution in [2.75, 3.05) is 6.61 Å². The van der Waals surface area contributed by atoms with Crippen molar-refractivity contribution in [1.82, 2.24) is 4.57 Å². The smallest absolute Gasteiger partial charge is 0.340 e. The molecule has 0 aliphatic heterocycles. The zero-order valence-corrected chi connectivity index (χ0v) is 14.8. The zero-order chi connectivity index (χ0) is 17.0. The molecule has 1 atom stereocenters. The molecule has 0 fully saturated rings. The molecule has 0 bridgehead atoms. The minimum atomic E-state index is -0.263. The molecular weight excluding hydrogens is 290 g/mol. The van der Waals surface area contributed by atoms with E-state index in [1.54, 1.807) is 0 Å². The highest BCUT2D eigenvalue weighted by Gasteiger charge is 2.21. The van der Waals surface area contributed by atoms with Gasteiger partial charge in [-0.25, -0.2) is 4.79 Å². The number of hydrogen-bond donors (Lipinski definition) is 0. The van der Waals surface area contributed by atoms with Gasteiger partial charge in [-0.1, -0.05) is 13.3 Å². The number of esters is 1. The van der Waals surface area contributed by atoms with Gasteiger partial charge in [-0.05, 0) is 52.3 Å². The minimum absolute atomic E-state index is 0.165. The van der Waals surface area contributed by atoms with Gasteiger partial charge in [0.2, 0.25) is 0 Å². The Morgan fingerprint density at radius 3 is 2.61 bits per heavy atom. The molecule has 0 aliphatic carbocycles. The molecular formula is C19H27NO3. The third-order valence-electron chi connectivity index (χ3n) is 4.12. The van der Waals surface area contributed by atoms with Gasteiger partial charge in [-0.15, -0.1) is 0 Å². The maximum Gasteiger partial charge on any atom is 0.340 e. The highest BCUT2D eigenvalue weighted by Crippen LogP contribution is 2.30. The van der Waals surface area contributed by atoms with Gasteiger partial charge in [-0.2, -0.15) is 0 Å². The van der Waals surface area contributed by atoms with Crippen LogP contribution in [0, 0.1) is 6.92 Å². The molecule has 0 unspecified atom stereocenters. The summed E-state index contributed by atoms with van der Waals surface area (Å²) < 4.78 is 13.4. The van der Waals surface area contributed by atoms with Crippen LogP contribution in [0.25, 0.3) is 10.9 Å². The lowest BCUT2D eigenvalue weighted by Crippen LogP contribution is -2.11. The summed E-state index contributed by atoms with van der Waals surface area (Å²) in [5.41, 5.74) is 2.64. The van der Waals surface area contributed by atoms with Crippen molar-refractivity contribution in [3.63, 3.8) is 0 Å². The number of nitrogens with zero attached hydrogens (tertiary/aromatic N) is 1. The molecule has 4 nitrogen and oxygen atoms in total. The van der Waals surface area contributed by atoms with Crippen molar-refractivity contribution in [2.24, 2.45) is 0 Å². The van der Waals surface area contributed by atoms with Crippen LogP contribution < -0.4 is 4.74 Å². The van der Waals surface area contributed by atoms with Crippen LogP contribution in [-0.4, -0.2) is 23.2 Å². The fraction of sp³-hybridized carbons (Fsp3) is 0.526. The van der Waals surface area contributed by atoms with Gasteiger partial charge in [0, 0.05) is 23.1 Å². The normalized spacial score (nSPS) is 12.4. The van der Waals surface area contributed by atoms with E-state index in [0.29, 0.717) is 12.2 Å². The van der Waals surface area contributed by atoms with Crippen molar-refractivity contribution in [1.29, 1.82) is 0 Å². The third kappa shape index (κ3) is 3.52. The summed E-state index contributed by atoms with van der Waals surface area (Å²) in [5.74, 6) is 0.540. The van der Waals surface area contributed by atoms with E-state index in [2.05, 4.69) is 25.3 Å². The van der Waals surface area contributed by atoms with Crippen LogP contribution in [0.4, 0.5) is 0 Å². The fourth-order valence-corrected chi connectivity index (χ4v) is 3.10. The first-order valence-electron chi connectivity index (χ1n) is 8.50. The average Bonchev–Trinajstić information content (AvgIpc) is 2.78. The summed E-state index contributed by atoms with van der Waals surface area (Å²) >= 11 is 0.